The van der Waals surface area contributed by atoms with E-state index in [1.807, 2.05) is 37.3 Å². The van der Waals surface area contributed by atoms with Crippen LogP contribution in [0.3, 0.4) is 0 Å². The van der Waals surface area contributed by atoms with Crippen molar-refractivity contribution < 1.29 is 22.8 Å². The van der Waals surface area contributed by atoms with Crippen LogP contribution in [0.5, 0.6) is 0 Å². The number of piperidine rings is 1. The van der Waals surface area contributed by atoms with Gasteiger partial charge in [0, 0.05) is 19.0 Å². The zero-order chi connectivity index (χ0) is 17.0. The van der Waals surface area contributed by atoms with Crippen molar-refractivity contribution in [3.8, 4) is 0 Å². The van der Waals surface area contributed by atoms with Gasteiger partial charge in [-0.15, -0.1) is 0 Å². The molecular formula is C16H19F3N2O2. The SMILES string of the molecule is CC(NC(=O)C1CCN(C(=O)C(F)(F)F)CC1)c1ccccc1. The summed E-state index contributed by atoms with van der Waals surface area (Å²) in [4.78, 5) is 24.1. The third kappa shape index (κ3) is 4.46. The van der Waals surface area contributed by atoms with Crippen molar-refractivity contribution in [2.45, 2.75) is 32.0 Å². The molecule has 1 aliphatic heterocycles. The lowest BCUT2D eigenvalue weighted by Crippen LogP contribution is -2.47. The highest BCUT2D eigenvalue weighted by Gasteiger charge is 2.43. The molecule has 2 amide bonds. The number of rotatable bonds is 3. The van der Waals surface area contributed by atoms with Gasteiger partial charge in [0.2, 0.25) is 5.91 Å². The summed E-state index contributed by atoms with van der Waals surface area (Å²) >= 11 is 0. The lowest BCUT2D eigenvalue weighted by Gasteiger charge is -2.32. The largest absolute Gasteiger partial charge is 0.471 e. The van der Waals surface area contributed by atoms with Gasteiger partial charge in [-0.2, -0.15) is 13.2 Å². The third-order valence-corrected chi connectivity index (χ3v) is 4.05. The average molecular weight is 328 g/mol. The van der Waals surface area contributed by atoms with Crippen LogP contribution in [-0.4, -0.2) is 36.0 Å². The van der Waals surface area contributed by atoms with Gasteiger partial charge in [-0.3, -0.25) is 9.59 Å². The first-order valence-corrected chi connectivity index (χ1v) is 7.50. The molecule has 1 fully saturated rings. The van der Waals surface area contributed by atoms with Gasteiger partial charge < -0.3 is 10.2 Å². The molecule has 7 heteroatoms. The molecule has 0 aromatic heterocycles. The smallest absolute Gasteiger partial charge is 0.349 e. The van der Waals surface area contributed by atoms with Crippen molar-refractivity contribution in [3.63, 3.8) is 0 Å². The normalized spacial score (nSPS) is 17.7. The number of hydrogen-bond acceptors (Lipinski definition) is 2. The Labute approximate surface area is 132 Å². The van der Waals surface area contributed by atoms with Gasteiger partial charge in [-0.25, -0.2) is 0 Å². The highest BCUT2D eigenvalue weighted by Crippen LogP contribution is 2.24. The van der Waals surface area contributed by atoms with Crippen LogP contribution in [0.15, 0.2) is 30.3 Å². The minimum absolute atomic E-state index is 0.0455. The number of benzene rings is 1. The maximum absolute atomic E-state index is 12.4. The monoisotopic (exact) mass is 328 g/mol. The molecule has 1 aliphatic rings. The Hall–Kier alpha value is -2.05. The topological polar surface area (TPSA) is 49.4 Å². The van der Waals surface area contributed by atoms with Crippen molar-refractivity contribution in [1.82, 2.24) is 10.2 Å². The van der Waals surface area contributed by atoms with Gasteiger partial charge >= 0.3 is 12.1 Å². The molecule has 1 atom stereocenters. The molecule has 0 spiro atoms. The Kier molecular flexibility index (Phi) is 5.28. The summed E-state index contributed by atoms with van der Waals surface area (Å²) < 4.78 is 37.1. The summed E-state index contributed by atoms with van der Waals surface area (Å²) in [5, 5.41) is 2.88. The number of likely N-dealkylation sites (tertiary alicyclic amines) is 1. The maximum atomic E-state index is 12.4. The molecule has 0 radical (unpaired) electrons. The Morgan fingerprint density at radius 3 is 2.26 bits per heavy atom. The Morgan fingerprint density at radius 1 is 1.17 bits per heavy atom. The summed E-state index contributed by atoms with van der Waals surface area (Å²) in [5.41, 5.74) is 0.963. The Balaban J connectivity index is 1.85. The van der Waals surface area contributed by atoms with Gasteiger partial charge in [-0.05, 0) is 25.3 Å². The summed E-state index contributed by atoms with van der Waals surface area (Å²) in [5.74, 6) is -2.37. The van der Waals surface area contributed by atoms with Gasteiger partial charge in [0.15, 0.2) is 0 Å². The molecule has 1 heterocycles. The number of halogens is 3. The number of nitrogens with one attached hydrogen (secondary N) is 1. The summed E-state index contributed by atoms with van der Waals surface area (Å²) in [6.07, 6.45) is -4.36. The van der Waals surface area contributed by atoms with Crippen molar-refractivity contribution >= 4 is 11.8 Å². The van der Waals surface area contributed by atoms with Crippen LogP contribution in [0.4, 0.5) is 13.2 Å². The third-order valence-electron chi connectivity index (χ3n) is 4.05. The van der Waals surface area contributed by atoms with E-state index in [1.54, 1.807) is 0 Å². The quantitative estimate of drug-likeness (QED) is 0.927. The van der Waals surface area contributed by atoms with Crippen LogP contribution in [0, 0.1) is 5.92 Å². The molecular weight excluding hydrogens is 309 g/mol. The second kappa shape index (κ2) is 7.02. The molecule has 0 saturated carbocycles. The molecule has 1 unspecified atom stereocenters. The molecule has 23 heavy (non-hydrogen) atoms. The minimum Gasteiger partial charge on any atom is -0.349 e. The fourth-order valence-corrected chi connectivity index (χ4v) is 2.68. The predicted octanol–water partition coefficient (Wildman–Crippen LogP) is 2.66. The fourth-order valence-electron chi connectivity index (χ4n) is 2.68. The molecule has 1 N–H and O–H groups in total. The second-order valence-electron chi connectivity index (χ2n) is 5.71. The first kappa shape index (κ1) is 17.3. The van der Waals surface area contributed by atoms with E-state index in [0.717, 1.165) is 10.5 Å². The van der Waals surface area contributed by atoms with Crippen LogP contribution >= 0.6 is 0 Å². The van der Waals surface area contributed by atoms with Gasteiger partial charge in [0.05, 0.1) is 6.04 Å². The lowest BCUT2D eigenvalue weighted by molar-refractivity contribution is -0.186. The highest BCUT2D eigenvalue weighted by molar-refractivity contribution is 5.83. The van der Waals surface area contributed by atoms with E-state index in [2.05, 4.69) is 5.32 Å². The lowest BCUT2D eigenvalue weighted by atomic mass is 9.95. The Bertz CT molecular complexity index is 552. The first-order chi connectivity index (χ1) is 10.8. The van der Waals surface area contributed by atoms with Crippen molar-refractivity contribution in [2.24, 2.45) is 5.92 Å². The van der Waals surface area contributed by atoms with Crippen molar-refractivity contribution in [2.75, 3.05) is 13.1 Å². The summed E-state index contributed by atoms with van der Waals surface area (Å²) in [7, 11) is 0. The zero-order valence-electron chi connectivity index (χ0n) is 12.8. The molecule has 4 nitrogen and oxygen atoms in total. The van der Waals surface area contributed by atoms with Gasteiger partial charge in [0.25, 0.3) is 0 Å². The van der Waals surface area contributed by atoms with E-state index in [0.29, 0.717) is 0 Å². The van der Waals surface area contributed by atoms with Crippen molar-refractivity contribution in [3.05, 3.63) is 35.9 Å². The molecule has 1 aromatic rings. The standard InChI is InChI=1S/C16H19F3N2O2/c1-11(12-5-3-2-4-6-12)20-14(22)13-7-9-21(10-8-13)15(23)16(17,18)19/h2-6,11,13H,7-10H2,1H3,(H,20,22). The van der Waals surface area contributed by atoms with E-state index in [4.69, 9.17) is 0 Å². The van der Waals surface area contributed by atoms with Crippen LogP contribution in [0.1, 0.15) is 31.4 Å². The van der Waals surface area contributed by atoms with E-state index >= 15 is 0 Å². The molecule has 0 aliphatic carbocycles. The molecule has 0 bridgehead atoms. The van der Waals surface area contributed by atoms with Gasteiger partial charge in [0.1, 0.15) is 0 Å². The molecule has 2 rings (SSSR count). The highest BCUT2D eigenvalue weighted by atomic mass is 19.4. The van der Waals surface area contributed by atoms with Crippen LogP contribution in [-0.2, 0) is 9.59 Å². The Morgan fingerprint density at radius 2 is 1.74 bits per heavy atom. The number of amides is 2. The number of hydrogen-bond donors (Lipinski definition) is 1. The molecule has 126 valence electrons. The number of nitrogens with zero attached hydrogens (tertiary/aromatic N) is 1. The van der Waals surface area contributed by atoms with E-state index in [-0.39, 0.29) is 43.8 Å². The fraction of sp³-hybridized carbons (Fsp3) is 0.500. The van der Waals surface area contributed by atoms with E-state index < -0.39 is 12.1 Å². The second-order valence-corrected chi connectivity index (χ2v) is 5.71. The van der Waals surface area contributed by atoms with Gasteiger partial charge in [-0.1, -0.05) is 30.3 Å². The number of carbonyl (C=O) groups is 2. The van der Waals surface area contributed by atoms with Crippen LogP contribution < -0.4 is 5.32 Å². The molecule has 1 aromatic carbocycles. The maximum Gasteiger partial charge on any atom is 0.471 e. The summed E-state index contributed by atoms with van der Waals surface area (Å²) in [6, 6.07) is 9.26. The van der Waals surface area contributed by atoms with E-state index in [9.17, 15) is 22.8 Å². The first-order valence-electron chi connectivity index (χ1n) is 7.50. The number of alkyl halides is 3. The van der Waals surface area contributed by atoms with E-state index in [1.165, 1.54) is 0 Å². The van der Waals surface area contributed by atoms with Crippen LogP contribution in [0.2, 0.25) is 0 Å². The minimum atomic E-state index is -4.85. The predicted molar refractivity (Wildman–Crippen MR) is 78.4 cm³/mol. The number of carbonyl (C=O) groups excluding carboxylic acids is 2. The zero-order valence-corrected chi connectivity index (χ0v) is 12.8. The average Bonchev–Trinajstić information content (AvgIpc) is 2.54. The summed E-state index contributed by atoms with van der Waals surface area (Å²) in [6.45, 7) is 1.77. The molecule has 1 saturated heterocycles. The van der Waals surface area contributed by atoms with Crippen molar-refractivity contribution in [1.29, 1.82) is 0 Å². The van der Waals surface area contributed by atoms with Crippen LogP contribution in [0.25, 0.3) is 0 Å².